The summed E-state index contributed by atoms with van der Waals surface area (Å²) in [6, 6.07) is 5.74. The summed E-state index contributed by atoms with van der Waals surface area (Å²) in [6.07, 6.45) is 31.8. The minimum Gasteiger partial charge on any atom is -0.480 e. The van der Waals surface area contributed by atoms with Crippen LogP contribution in [-0.2, 0) is 25.7 Å². The molecule has 0 fully saturated rings. The van der Waals surface area contributed by atoms with Crippen LogP contribution in [0.3, 0.4) is 0 Å². The number of rotatable bonds is 21. The van der Waals surface area contributed by atoms with Crippen molar-refractivity contribution in [2.24, 2.45) is 0 Å². The maximum absolute atomic E-state index is 12.0. The summed E-state index contributed by atoms with van der Waals surface area (Å²) < 4.78 is 10.3. The second kappa shape index (κ2) is 23.9. The number of hydrogen-bond donors (Lipinski definition) is 2. The predicted molar refractivity (Wildman–Crippen MR) is 164 cm³/mol. The Morgan fingerprint density at radius 1 is 0.805 bits per heavy atom. The van der Waals surface area contributed by atoms with Gasteiger partial charge in [-0.3, -0.25) is 19.7 Å². The molecule has 0 amide bonds. The highest BCUT2D eigenvalue weighted by molar-refractivity contribution is 5.75. The second-order valence-electron chi connectivity index (χ2n) is 9.11. The Hall–Kier alpha value is -3.97. The van der Waals surface area contributed by atoms with Gasteiger partial charge >= 0.3 is 17.9 Å². The van der Waals surface area contributed by atoms with Gasteiger partial charge in [-0.25, -0.2) is 0 Å². The number of esters is 2. The molecule has 0 aliphatic carbocycles. The summed E-state index contributed by atoms with van der Waals surface area (Å²) in [6.45, 7) is 3.27. The monoisotopic (exact) mass is 563 g/mol. The Morgan fingerprint density at radius 2 is 1.32 bits per heavy atom. The highest BCUT2D eigenvalue weighted by Gasteiger charge is 2.20. The van der Waals surface area contributed by atoms with Crippen LogP contribution in [0.15, 0.2) is 97.2 Å². The van der Waals surface area contributed by atoms with Crippen LogP contribution >= 0.6 is 0 Å². The quantitative estimate of drug-likeness (QED) is 0.0928. The van der Waals surface area contributed by atoms with E-state index in [0.717, 1.165) is 38.5 Å². The highest BCUT2D eigenvalue weighted by Crippen LogP contribution is 2.18. The number of allylic oxidation sites excluding steroid dienone is 12. The van der Waals surface area contributed by atoms with E-state index in [0.29, 0.717) is 17.7 Å². The molecule has 1 atom stereocenters. The number of ether oxygens (including phenoxy) is 2. The summed E-state index contributed by atoms with van der Waals surface area (Å²) in [5.41, 5.74) is 0.623. The van der Waals surface area contributed by atoms with Gasteiger partial charge in [0.15, 0.2) is 0 Å². The van der Waals surface area contributed by atoms with E-state index in [1.165, 1.54) is 6.92 Å². The molecule has 0 aromatic heterocycles. The van der Waals surface area contributed by atoms with Crippen molar-refractivity contribution in [1.82, 2.24) is 5.32 Å². The van der Waals surface area contributed by atoms with Crippen molar-refractivity contribution in [3.05, 3.63) is 103 Å². The van der Waals surface area contributed by atoms with Gasteiger partial charge in [-0.15, -0.1) is 0 Å². The number of carboxylic acid groups (broad SMARTS) is 1. The van der Waals surface area contributed by atoms with Crippen molar-refractivity contribution in [3.8, 4) is 5.75 Å². The SMILES string of the molecule is CCC=CCC=CCC=CCC=CCC=CCC=CCCC(=O)OCC(NCc1ccccc1OC(C)=O)C(=O)O. The number of carbonyl (C=O) groups excluding carboxylic acids is 2. The van der Waals surface area contributed by atoms with E-state index < -0.39 is 23.9 Å². The van der Waals surface area contributed by atoms with Gasteiger partial charge < -0.3 is 14.6 Å². The fourth-order valence-corrected chi connectivity index (χ4v) is 3.44. The van der Waals surface area contributed by atoms with E-state index in [9.17, 15) is 19.5 Å². The van der Waals surface area contributed by atoms with Crippen molar-refractivity contribution in [3.63, 3.8) is 0 Å². The fourth-order valence-electron chi connectivity index (χ4n) is 3.44. The van der Waals surface area contributed by atoms with Crippen LogP contribution in [0.25, 0.3) is 0 Å². The van der Waals surface area contributed by atoms with Crippen molar-refractivity contribution in [2.45, 2.75) is 77.8 Å². The zero-order valence-corrected chi connectivity index (χ0v) is 24.4. The molecule has 0 saturated heterocycles. The molecule has 1 aromatic carbocycles. The number of hydrogen-bond acceptors (Lipinski definition) is 6. The molecule has 0 bridgehead atoms. The van der Waals surface area contributed by atoms with Crippen LogP contribution < -0.4 is 10.1 Å². The summed E-state index contributed by atoms with van der Waals surface area (Å²) in [7, 11) is 0. The van der Waals surface area contributed by atoms with Crippen molar-refractivity contribution in [2.75, 3.05) is 6.61 Å². The lowest BCUT2D eigenvalue weighted by atomic mass is 10.2. The van der Waals surface area contributed by atoms with Gasteiger partial charge in [0.2, 0.25) is 0 Å². The third-order valence-electron chi connectivity index (χ3n) is 5.59. The predicted octanol–water partition coefficient (Wildman–Crippen LogP) is 7.18. The van der Waals surface area contributed by atoms with Gasteiger partial charge in [0, 0.05) is 25.5 Å². The van der Waals surface area contributed by atoms with E-state index >= 15 is 0 Å². The Morgan fingerprint density at radius 3 is 1.83 bits per heavy atom. The normalized spacial score (nSPS) is 12.9. The van der Waals surface area contributed by atoms with Gasteiger partial charge in [-0.05, 0) is 51.0 Å². The molecule has 0 saturated carbocycles. The molecule has 1 rings (SSSR count). The average molecular weight is 564 g/mol. The highest BCUT2D eigenvalue weighted by atomic mass is 16.5. The second-order valence-corrected chi connectivity index (χ2v) is 9.11. The zero-order chi connectivity index (χ0) is 30.0. The summed E-state index contributed by atoms with van der Waals surface area (Å²) in [5, 5.41) is 12.3. The molecule has 0 radical (unpaired) electrons. The van der Waals surface area contributed by atoms with E-state index in [-0.39, 0.29) is 19.6 Å². The van der Waals surface area contributed by atoms with Crippen LogP contribution in [0.1, 0.15) is 70.8 Å². The lowest BCUT2D eigenvalue weighted by Crippen LogP contribution is -2.40. The topological polar surface area (TPSA) is 102 Å². The fraction of sp³-hybridized carbons (Fsp3) is 0.382. The first kappa shape index (κ1) is 35.1. The summed E-state index contributed by atoms with van der Waals surface area (Å²) in [4.78, 5) is 34.9. The third kappa shape index (κ3) is 19.7. The van der Waals surface area contributed by atoms with E-state index in [1.807, 2.05) is 12.2 Å². The number of carboxylic acids is 1. The number of carbonyl (C=O) groups is 3. The maximum atomic E-state index is 12.0. The zero-order valence-electron chi connectivity index (χ0n) is 24.4. The molecule has 0 aliphatic heterocycles. The minimum absolute atomic E-state index is 0.135. The van der Waals surface area contributed by atoms with Crippen LogP contribution in [0.4, 0.5) is 0 Å². The maximum Gasteiger partial charge on any atom is 0.324 e. The first-order valence-electron chi connectivity index (χ1n) is 14.2. The first-order chi connectivity index (χ1) is 19.9. The van der Waals surface area contributed by atoms with Crippen LogP contribution in [-0.4, -0.2) is 35.7 Å². The molecular weight excluding hydrogens is 518 g/mol. The van der Waals surface area contributed by atoms with E-state index in [2.05, 4.69) is 73.0 Å². The molecule has 7 heteroatoms. The van der Waals surface area contributed by atoms with Crippen LogP contribution in [0.5, 0.6) is 5.75 Å². The molecule has 0 heterocycles. The third-order valence-corrected chi connectivity index (χ3v) is 5.59. The molecule has 222 valence electrons. The Bertz CT molecular complexity index is 1080. The largest absolute Gasteiger partial charge is 0.480 e. The Labute approximate surface area is 245 Å². The molecule has 2 N–H and O–H groups in total. The molecule has 7 nitrogen and oxygen atoms in total. The summed E-state index contributed by atoms with van der Waals surface area (Å²) in [5.74, 6) is -1.71. The van der Waals surface area contributed by atoms with Crippen molar-refractivity contribution < 1.29 is 29.0 Å². The van der Waals surface area contributed by atoms with Gasteiger partial charge in [0.05, 0.1) is 0 Å². The average Bonchev–Trinajstić information content (AvgIpc) is 2.94. The molecular formula is C34H45NO6. The molecule has 41 heavy (non-hydrogen) atoms. The Balaban J connectivity index is 2.18. The van der Waals surface area contributed by atoms with E-state index in [1.54, 1.807) is 24.3 Å². The smallest absolute Gasteiger partial charge is 0.324 e. The Kier molecular flexibility index (Phi) is 20.4. The number of benzene rings is 1. The minimum atomic E-state index is -1.14. The number of aliphatic carboxylic acids is 1. The lowest BCUT2D eigenvalue weighted by Gasteiger charge is -2.16. The van der Waals surface area contributed by atoms with Crippen LogP contribution in [0, 0.1) is 0 Å². The number of nitrogens with one attached hydrogen (secondary N) is 1. The lowest BCUT2D eigenvalue weighted by molar-refractivity contribution is -0.148. The van der Waals surface area contributed by atoms with Gasteiger partial charge in [0.1, 0.15) is 18.4 Å². The van der Waals surface area contributed by atoms with Gasteiger partial charge in [0.25, 0.3) is 0 Å². The van der Waals surface area contributed by atoms with Gasteiger partial charge in [-0.2, -0.15) is 0 Å². The molecule has 0 spiro atoms. The first-order valence-corrected chi connectivity index (χ1v) is 14.2. The van der Waals surface area contributed by atoms with Crippen molar-refractivity contribution in [1.29, 1.82) is 0 Å². The van der Waals surface area contributed by atoms with E-state index in [4.69, 9.17) is 9.47 Å². The number of para-hydroxylation sites is 1. The van der Waals surface area contributed by atoms with Crippen LogP contribution in [0.2, 0.25) is 0 Å². The molecule has 1 aromatic rings. The molecule has 1 unspecified atom stereocenters. The van der Waals surface area contributed by atoms with Crippen molar-refractivity contribution >= 4 is 17.9 Å². The molecule has 0 aliphatic rings. The standard InChI is InChI=1S/C34H45NO6/c1-3-4-5-6-7-8-9-10-11-12-13-14-15-16-17-18-19-20-21-26-33(37)40-28-31(34(38)39)35-27-30-24-22-23-25-32(30)41-29(2)36/h4-5,7-8,10-11,13-14,16-17,19-20,22-25,31,35H,3,6,9,12,15,18,21,26-28H2,1-2H3,(H,38,39). The van der Waals surface area contributed by atoms with Gasteiger partial charge in [-0.1, -0.05) is 98.0 Å². The summed E-state index contributed by atoms with van der Waals surface area (Å²) >= 11 is 0.